The summed E-state index contributed by atoms with van der Waals surface area (Å²) in [4.78, 5) is 15.3. The van der Waals surface area contributed by atoms with Crippen molar-refractivity contribution in [2.24, 2.45) is 0 Å². The molecule has 6 nitrogen and oxygen atoms in total. The summed E-state index contributed by atoms with van der Waals surface area (Å²) in [5.41, 5.74) is 2.32. The van der Waals surface area contributed by atoms with Gasteiger partial charge in [0.05, 0.1) is 11.8 Å². The molecule has 32 heavy (non-hydrogen) atoms. The summed E-state index contributed by atoms with van der Waals surface area (Å²) in [6.07, 6.45) is 5.53. The van der Waals surface area contributed by atoms with E-state index in [2.05, 4.69) is 49.2 Å². The molecule has 0 radical (unpaired) electrons. The van der Waals surface area contributed by atoms with Crippen molar-refractivity contribution in [1.29, 1.82) is 0 Å². The Labute approximate surface area is 193 Å². The lowest BCUT2D eigenvalue weighted by Gasteiger charge is -2.20. The van der Waals surface area contributed by atoms with E-state index in [1.54, 1.807) is 0 Å². The highest BCUT2D eigenvalue weighted by molar-refractivity contribution is 7.99. The smallest absolute Gasteiger partial charge is 0.230 e. The Bertz CT molecular complexity index is 1030. The maximum absolute atomic E-state index is 13.0. The minimum absolute atomic E-state index is 0.0212. The number of nitrogens with one attached hydrogen (secondary N) is 1. The molecule has 1 aromatic heterocycles. The molecule has 1 amide bonds. The van der Waals surface area contributed by atoms with Crippen LogP contribution in [0.15, 0.2) is 65.8 Å². The molecule has 2 aromatic carbocycles. The third-order valence-electron chi connectivity index (χ3n) is 6.10. The van der Waals surface area contributed by atoms with Gasteiger partial charge in [0.15, 0.2) is 5.16 Å². The third-order valence-corrected chi connectivity index (χ3v) is 7.04. The number of nitrogens with zero attached hydrogens (tertiary/aromatic N) is 4. The van der Waals surface area contributed by atoms with Crippen LogP contribution in [0.2, 0.25) is 0 Å². The Balaban J connectivity index is 1.26. The first-order valence-corrected chi connectivity index (χ1v) is 12.5. The van der Waals surface area contributed by atoms with Crippen LogP contribution in [0.1, 0.15) is 48.9 Å². The Morgan fingerprint density at radius 3 is 2.38 bits per heavy atom. The van der Waals surface area contributed by atoms with Gasteiger partial charge < -0.3 is 10.2 Å². The molecule has 166 valence electrons. The topological polar surface area (TPSA) is 63.1 Å². The predicted molar refractivity (Wildman–Crippen MR) is 128 cm³/mol. The van der Waals surface area contributed by atoms with Crippen LogP contribution in [-0.4, -0.2) is 39.5 Å². The molecule has 5 rings (SSSR count). The number of amides is 1. The van der Waals surface area contributed by atoms with Crippen LogP contribution in [0.4, 0.5) is 5.95 Å². The van der Waals surface area contributed by atoms with Crippen molar-refractivity contribution in [2.75, 3.05) is 23.7 Å². The first-order valence-electron chi connectivity index (χ1n) is 11.5. The number of hydrogen-bond acceptors (Lipinski definition) is 5. The van der Waals surface area contributed by atoms with Crippen molar-refractivity contribution < 1.29 is 4.79 Å². The summed E-state index contributed by atoms with van der Waals surface area (Å²) in [5.74, 6) is 1.34. The van der Waals surface area contributed by atoms with Crippen LogP contribution in [-0.2, 0) is 11.2 Å². The molecule has 1 saturated carbocycles. The molecule has 1 aliphatic carbocycles. The molecule has 1 saturated heterocycles. The van der Waals surface area contributed by atoms with Gasteiger partial charge in [0.2, 0.25) is 11.9 Å². The van der Waals surface area contributed by atoms with E-state index in [9.17, 15) is 4.79 Å². The van der Waals surface area contributed by atoms with Crippen LogP contribution < -0.4 is 10.2 Å². The molecule has 1 unspecified atom stereocenters. The molecule has 1 aliphatic heterocycles. The molecular formula is C25H29N5OS. The van der Waals surface area contributed by atoms with E-state index in [-0.39, 0.29) is 11.9 Å². The van der Waals surface area contributed by atoms with Crippen LogP contribution >= 0.6 is 11.8 Å². The number of carbonyl (C=O) groups is 1. The summed E-state index contributed by atoms with van der Waals surface area (Å²) >= 11 is 1.50. The number of hydrogen-bond donors (Lipinski definition) is 1. The van der Waals surface area contributed by atoms with Gasteiger partial charge in [0.1, 0.15) is 0 Å². The van der Waals surface area contributed by atoms with Crippen molar-refractivity contribution in [1.82, 2.24) is 20.1 Å². The number of aromatic nitrogens is 3. The Hall–Kier alpha value is -2.80. The second-order valence-corrected chi connectivity index (χ2v) is 9.53. The van der Waals surface area contributed by atoms with E-state index in [0.29, 0.717) is 11.8 Å². The SMILES string of the molecule is O=C(CSc1nnc(N2CCCC2)n1C1CC1)NC(Cc1ccccc1)c1ccccc1. The highest BCUT2D eigenvalue weighted by Crippen LogP contribution is 2.41. The molecule has 1 N–H and O–H groups in total. The molecule has 0 spiro atoms. The largest absolute Gasteiger partial charge is 0.348 e. The minimum Gasteiger partial charge on any atom is -0.348 e. The average molecular weight is 448 g/mol. The summed E-state index contributed by atoms with van der Waals surface area (Å²) in [6.45, 7) is 2.10. The van der Waals surface area contributed by atoms with E-state index in [0.717, 1.165) is 36.2 Å². The lowest BCUT2D eigenvalue weighted by molar-refractivity contribution is -0.119. The highest BCUT2D eigenvalue weighted by atomic mass is 32.2. The highest BCUT2D eigenvalue weighted by Gasteiger charge is 2.32. The van der Waals surface area contributed by atoms with Gasteiger partial charge in [-0.15, -0.1) is 10.2 Å². The molecular weight excluding hydrogens is 418 g/mol. The lowest BCUT2D eigenvalue weighted by Crippen LogP contribution is -2.31. The van der Waals surface area contributed by atoms with Crippen LogP contribution in [0.5, 0.6) is 0 Å². The zero-order valence-corrected chi connectivity index (χ0v) is 19.0. The number of carbonyl (C=O) groups excluding carboxylic acids is 1. The normalized spacial score (nSPS) is 16.8. The van der Waals surface area contributed by atoms with E-state index in [4.69, 9.17) is 0 Å². The number of benzene rings is 2. The second kappa shape index (κ2) is 9.77. The van der Waals surface area contributed by atoms with Crippen LogP contribution in [0, 0.1) is 0 Å². The first-order chi connectivity index (χ1) is 15.8. The lowest BCUT2D eigenvalue weighted by atomic mass is 9.99. The van der Waals surface area contributed by atoms with Gasteiger partial charge in [-0.05, 0) is 43.2 Å². The molecule has 2 aliphatic rings. The Kier molecular flexibility index (Phi) is 6.44. The van der Waals surface area contributed by atoms with Crippen molar-refractivity contribution >= 4 is 23.6 Å². The van der Waals surface area contributed by atoms with Gasteiger partial charge in [-0.25, -0.2) is 0 Å². The minimum atomic E-state index is -0.0619. The van der Waals surface area contributed by atoms with Gasteiger partial charge in [-0.1, -0.05) is 72.4 Å². The third kappa shape index (κ3) is 4.99. The summed E-state index contributed by atoms with van der Waals surface area (Å²) in [5, 5.41) is 13.1. The fourth-order valence-corrected chi connectivity index (χ4v) is 5.12. The van der Waals surface area contributed by atoms with Gasteiger partial charge in [0, 0.05) is 19.1 Å². The fraction of sp³-hybridized carbons (Fsp3) is 0.400. The van der Waals surface area contributed by atoms with Gasteiger partial charge in [0.25, 0.3) is 0 Å². The molecule has 2 fully saturated rings. The van der Waals surface area contributed by atoms with E-state index in [1.807, 2.05) is 36.4 Å². The van der Waals surface area contributed by atoms with Crippen molar-refractivity contribution in [3.63, 3.8) is 0 Å². The Morgan fingerprint density at radius 2 is 1.69 bits per heavy atom. The Morgan fingerprint density at radius 1 is 1.00 bits per heavy atom. The van der Waals surface area contributed by atoms with Crippen molar-refractivity contribution in [3.8, 4) is 0 Å². The zero-order valence-electron chi connectivity index (χ0n) is 18.2. The number of anilines is 1. The van der Waals surface area contributed by atoms with E-state index >= 15 is 0 Å². The van der Waals surface area contributed by atoms with Crippen molar-refractivity contribution in [3.05, 3.63) is 71.8 Å². The molecule has 3 aromatic rings. The van der Waals surface area contributed by atoms with E-state index < -0.39 is 0 Å². The summed E-state index contributed by atoms with van der Waals surface area (Å²) in [7, 11) is 0. The molecule has 0 bridgehead atoms. The maximum atomic E-state index is 13.0. The quantitative estimate of drug-likeness (QED) is 0.493. The zero-order chi connectivity index (χ0) is 21.8. The summed E-state index contributed by atoms with van der Waals surface area (Å²) in [6, 6.07) is 20.9. The van der Waals surface area contributed by atoms with Crippen LogP contribution in [0.25, 0.3) is 0 Å². The van der Waals surface area contributed by atoms with Crippen LogP contribution in [0.3, 0.4) is 0 Å². The van der Waals surface area contributed by atoms with Gasteiger partial charge >= 0.3 is 0 Å². The maximum Gasteiger partial charge on any atom is 0.230 e. The van der Waals surface area contributed by atoms with Gasteiger partial charge in [-0.2, -0.15) is 0 Å². The fourth-order valence-electron chi connectivity index (χ4n) is 4.31. The summed E-state index contributed by atoms with van der Waals surface area (Å²) < 4.78 is 2.27. The second-order valence-electron chi connectivity index (χ2n) is 8.59. The number of thioether (sulfide) groups is 1. The number of rotatable bonds is 9. The average Bonchev–Trinajstić information content (AvgIpc) is 3.34. The van der Waals surface area contributed by atoms with E-state index in [1.165, 1.54) is 43.0 Å². The van der Waals surface area contributed by atoms with Gasteiger partial charge in [-0.3, -0.25) is 9.36 Å². The predicted octanol–water partition coefficient (Wildman–Crippen LogP) is 4.41. The first kappa shape index (κ1) is 21.1. The van der Waals surface area contributed by atoms with Crippen molar-refractivity contribution in [2.45, 2.75) is 49.3 Å². The molecule has 7 heteroatoms. The molecule has 1 atom stereocenters. The standard InChI is InChI=1S/C25H29N5OS/c31-23(26-22(20-11-5-2-6-12-20)17-19-9-3-1-4-10-19)18-32-25-28-27-24(29-15-7-8-16-29)30(25)21-13-14-21/h1-6,9-12,21-22H,7-8,13-18H2,(H,26,31). The monoisotopic (exact) mass is 447 g/mol. The molecule has 2 heterocycles.